The van der Waals surface area contributed by atoms with Crippen molar-refractivity contribution in [3.63, 3.8) is 0 Å². The van der Waals surface area contributed by atoms with E-state index in [0.29, 0.717) is 22.3 Å². The number of nitrogens with zero attached hydrogens (tertiary/aromatic N) is 1. The third kappa shape index (κ3) is 5.20. The lowest BCUT2D eigenvalue weighted by molar-refractivity contribution is 0.0696. The maximum atomic E-state index is 12.0. The van der Waals surface area contributed by atoms with Crippen molar-refractivity contribution in [1.29, 1.82) is 0 Å². The molecular weight excluding hydrogens is 465 g/mol. The predicted molar refractivity (Wildman–Crippen MR) is 131 cm³/mol. The number of carbonyl (C=O) groups is 2. The van der Waals surface area contributed by atoms with Crippen LogP contribution in [0.15, 0.2) is 30.3 Å². The number of ether oxygens (including phenoxy) is 1. The summed E-state index contributed by atoms with van der Waals surface area (Å²) in [6.45, 7) is 3.91. The number of nitrogens with one attached hydrogen (secondary N) is 2. The molecule has 2 unspecified atom stereocenters. The van der Waals surface area contributed by atoms with Crippen molar-refractivity contribution in [2.45, 2.75) is 32.2 Å². The van der Waals surface area contributed by atoms with Crippen LogP contribution in [0.25, 0.3) is 10.9 Å². The largest absolute Gasteiger partial charge is 0.496 e. The van der Waals surface area contributed by atoms with Gasteiger partial charge in [0, 0.05) is 53.1 Å². The van der Waals surface area contributed by atoms with Crippen LogP contribution in [-0.2, 0) is 6.42 Å². The number of halogens is 2. The third-order valence-corrected chi connectivity index (χ3v) is 6.29. The van der Waals surface area contributed by atoms with Gasteiger partial charge in [0.1, 0.15) is 10.9 Å². The van der Waals surface area contributed by atoms with Gasteiger partial charge in [-0.2, -0.15) is 0 Å². The monoisotopic (exact) mass is 491 g/mol. The van der Waals surface area contributed by atoms with Gasteiger partial charge in [0.25, 0.3) is 0 Å². The molecule has 7 nitrogen and oxygen atoms in total. The van der Waals surface area contributed by atoms with E-state index in [1.165, 1.54) is 18.1 Å². The molecule has 2 amide bonds. The molecule has 2 atom stereocenters. The zero-order valence-corrected chi connectivity index (χ0v) is 20.6. The Morgan fingerprint density at radius 3 is 2.48 bits per heavy atom. The van der Waals surface area contributed by atoms with Crippen LogP contribution in [0.3, 0.4) is 0 Å². The van der Waals surface area contributed by atoms with Crippen LogP contribution >= 0.6 is 23.2 Å². The Morgan fingerprint density at radius 2 is 1.88 bits per heavy atom. The van der Waals surface area contributed by atoms with Crippen LogP contribution in [0.2, 0.25) is 10.2 Å². The van der Waals surface area contributed by atoms with E-state index in [-0.39, 0.29) is 23.6 Å². The Hall–Kier alpha value is -2.90. The smallest absolute Gasteiger partial charge is 0.335 e. The lowest BCUT2D eigenvalue weighted by atomic mass is 9.90. The molecule has 3 aromatic rings. The quantitative estimate of drug-likeness (QED) is 0.404. The highest BCUT2D eigenvalue weighted by atomic mass is 35.5. The van der Waals surface area contributed by atoms with Crippen molar-refractivity contribution in [2.24, 2.45) is 0 Å². The topological polar surface area (TPSA) is 94.7 Å². The average Bonchev–Trinajstić information content (AvgIpc) is 3.07. The van der Waals surface area contributed by atoms with Gasteiger partial charge in [0.15, 0.2) is 0 Å². The molecule has 176 valence electrons. The summed E-state index contributed by atoms with van der Waals surface area (Å²) in [7, 11) is 4.89. The molecule has 1 aromatic heterocycles. The number of aromatic carboxylic acids is 1. The van der Waals surface area contributed by atoms with Gasteiger partial charge in [-0.25, -0.2) is 9.59 Å². The number of hydrogen-bond donors (Lipinski definition) is 3. The van der Waals surface area contributed by atoms with Gasteiger partial charge < -0.3 is 25.0 Å². The van der Waals surface area contributed by atoms with Gasteiger partial charge in [-0.3, -0.25) is 0 Å². The van der Waals surface area contributed by atoms with Crippen molar-refractivity contribution < 1.29 is 19.4 Å². The van der Waals surface area contributed by atoms with Crippen LogP contribution in [-0.4, -0.2) is 54.2 Å². The fraction of sp³-hybridized carbons (Fsp3) is 0.333. The summed E-state index contributed by atoms with van der Waals surface area (Å²) < 4.78 is 5.48. The minimum absolute atomic E-state index is 0.131. The summed E-state index contributed by atoms with van der Waals surface area (Å²) in [6, 6.07) is 8.33. The Morgan fingerprint density at radius 1 is 1.18 bits per heavy atom. The van der Waals surface area contributed by atoms with Gasteiger partial charge in [0.2, 0.25) is 0 Å². The van der Waals surface area contributed by atoms with Crippen LogP contribution in [0.4, 0.5) is 4.79 Å². The SMILES string of the molecule is COc1cc(C(=O)O)ccc1C(C)c1c(Cl)[nH]c2cc(Cl)c(CC(C)NC(=O)N(C)C)cc12. The first-order chi connectivity index (χ1) is 15.5. The van der Waals surface area contributed by atoms with Gasteiger partial charge in [0.05, 0.1) is 12.7 Å². The summed E-state index contributed by atoms with van der Waals surface area (Å²) in [6.07, 6.45) is 0.543. The Balaban J connectivity index is 2.02. The minimum Gasteiger partial charge on any atom is -0.496 e. The van der Waals surface area contributed by atoms with Crippen LogP contribution in [0, 0.1) is 0 Å². The maximum Gasteiger partial charge on any atom is 0.335 e. The number of carbonyl (C=O) groups excluding carboxylic acids is 1. The van der Waals surface area contributed by atoms with Crippen molar-refractivity contribution in [2.75, 3.05) is 21.2 Å². The standard InChI is InChI=1S/C24H27Cl2N3O4/c1-12(27-24(32)29(3)4)8-15-9-17-19(11-18(15)25)28-22(26)21(17)13(2)16-7-6-14(23(30)31)10-20(16)33-5/h6-7,9-13,28H,8H2,1-5H3,(H,27,32)(H,30,31). The van der Waals surface area contributed by atoms with Crippen molar-refractivity contribution >= 4 is 46.1 Å². The first-order valence-corrected chi connectivity index (χ1v) is 11.2. The van der Waals surface area contributed by atoms with E-state index in [1.807, 2.05) is 26.0 Å². The first-order valence-electron chi connectivity index (χ1n) is 10.4. The third-order valence-electron chi connectivity index (χ3n) is 5.64. The number of urea groups is 1. The highest BCUT2D eigenvalue weighted by molar-refractivity contribution is 6.33. The van der Waals surface area contributed by atoms with E-state index in [2.05, 4.69) is 10.3 Å². The number of H-pyrrole nitrogens is 1. The molecule has 0 spiro atoms. The molecule has 9 heteroatoms. The number of hydrogen-bond acceptors (Lipinski definition) is 3. The lowest BCUT2D eigenvalue weighted by Crippen LogP contribution is -2.40. The molecule has 0 aliphatic rings. The second-order valence-electron chi connectivity index (χ2n) is 8.27. The molecule has 3 N–H and O–H groups in total. The molecule has 0 saturated carbocycles. The second-order valence-corrected chi connectivity index (χ2v) is 9.06. The number of aromatic amines is 1. The van der Waals surface area contributed by atoms with E-state index in [1.54, 1.807) is 26.2 Å². The van der Waals surface area contributed by atoms with Crippen molar-refractivity contribution in [3.8, 4) is 5.75 Å². The fourth-order valence-electron chi connectivity index (χ4n) is 3.91. The number of carboxylic acids is 1. The summed E-state index contributed by atoms with van der Waals surface area (Å²) in [5.74, 6) is -0.738. The molecule has 0 saturated heterocycles. The van der Waals surface area contributed by atoms with Crippen LogP contribution in [0.5, 0.6) is 5.75 Å². The van der Waals surface area contributed by atoms with Gasteiger partial charge in [-0.05, 0) is 43.2 Å². The van der Waals surface area contributed by atoms with E-state index in [9.17, 15) is 14.7 Å². The van der Waals surface area contributed by atoms with Gasteiger partial charge >= 0.3 is 12.0 Å². The summed E-state index contributed by atoms with van der Waals surface area (Å²) in [5.41, 5.74) is 3.50. The highest BCUT2D eigenvalue weighted by Crippen LogP contribution is 2.41. The number of aromatic nitrogens is 1. The van der Waals surface area contributed by atoms with E-state index < -0.39 is 5.97 Å². The van der Waals surface area contributed by atoms with Crippen molar-refractivity contribution in [3.05, 3.63) is 62.8 Å². The summed E-state index contributed by atoms with van der Waals surface area (Å²) >= 11 is 13.1. The molecule has 33 heavy (non-hydrogen) atoms. The average molecular weight is 492 g/mol. The molecule has 3 rings (SSSR count). The summed E-state index contributed by atoms with van der Waals surface area (Å²) in [5, 5.41) is 14.2. The van der Waals surface area contributed by atoms with Crippen LogP contribution in [0.1, 0.15) is 46.8 Å². The molecule has 0 aliphatic carbocycles. The predicted octanol–water partition coefficient (Wildman–Crippen LogP) is 5.54. The number of carboxylic acid groups (broad SMARTS) is 1. The highest BCUT2D eigenvalue weighted by Gasteiger charge is 2.23. The van der Waals surface area contributed by atoms with Gasteiger partial charge in [-0.15, -0.1) is 0 Å². The molecule has 0 radical (unpaired) electrons. The molecule has 0 bridgehead atoms. The molecular formula is C24H27Cl2N3O4. The molecule has 0 aliphatic heterocycles. The zero-order valence-electron chi connectivity index (χ0n) is 19.1. The van der Waals surface area contributed by atoms with Gasteiger partial charge in [-0.1, -0.05) is 36.2 Å². The van der Waals surface area contributed by atoms with E-state index >= 15 is 0 Å². The second kappa shape index (κ2) is 9.93. The Kier molecular flexibility index (Phi) is 7.44. The van der Waals surface area contributed by atoms with Crippen LogP contribution < -0.4 is 10.1 Å². The number of methoxy groups -OCH3 is 1. The van der Waals surface area contributed by atoms with E-state index in [0.717, 1.165) is 27.6 Å². The molecule has 0 fully saturated rings. The Bertz CT molecular complexity index is 1210. The number of fused-ring (bicyclic) bond motifs is 1. The Labute approximate surface area is 202 Å². The number of benzene rings is 2. The van der Waals surface area contributed by atoms with Crippen molar-refractivity contribution in [1.82, 2.24) is 15.2 Å². The first kappa shape index (κ1) is 24.7. The number of amides is 2. The number of rotatable bonds is 7. The summed E-state index contributed by atoms with van der Waals surface area (Å²) in [4.78, 5) is 28.0. The lowest BCUT2D eigenvalue weighted by Gasteiger charge is -2.19. The maximum absolute atomic E-state index is 12.0. The molecule has 2 aromatic carbocycles. The molecule has 1 heterocycles. The normalized spacial score (nSPS) is 12.9. The fourth-order valence-corrected chi connectivity index (χ4v) is 4.51. The zero-order chi connectivity index (χ0) is 24.4. The van der Waals surface area contributed by atoms with E-state index in [4.69, 9.17) is 27.9 Å². The minimum atomic E-state index is -1.02.